The molecule has 3 saturated carbocycles. The van der Waals surface area contributed by atoms with Crippen molar-refractivity contribution in [2.24, 2.45) is 46.3 Å². The summed E-state index contributed by atoms with van der Waals surface area (Å²) in [6, 6.07) is 0. The minimum Gasteiger partial charge on any atom is -0.462 e. The van der Waals surface area contributed by atoms with E-state index in [1.54, 1.807) is 5.57 Å². The van der Waals surface area contributed by atoms with Crippen molar-refractivity contribution < 1.29 is 9.53 Å². The smallest absolute Gasteiger partial charge is 0.306 e. The second kappa shape index (κ2) is 10.7. The predicted molar refractivity (Wildman–Crippen MR) is 142 cm³/mol. The third-order valence-corrected chi connectivity index (χ3v) is 11.3. The van der Waals surface area contributed by atoms with E-state index in [0.717, 1.165) is 61.2 Å². The lowest BCUT2D eigenvalue weighted by Gasteiger charge is -2.58. The maximum atomic E-state index is 12.2. The highest BCUT2D eigenvalue weighted by Gasteiger charge is 2.59. The fraction of sp³-hybridized carbons (Fsp3) is 0.906. The number of allylic oxidation sites excluding steroid dienone is 1. The molecule has 0 aromatic rings. The standard InChI is InChI=1S/C32H54O2/c1-7-8-12-30(33)34-25-17-19-31(5)24(21-25)13-14-26-28-16-15-27(23(4)11-9-10-22(2)3)32(28,6)20-18-29(26)31/h13,22-23,25-29H,7-12,14-21H2,1-6H3/t23?,25-,26?,27+,28?,29?,31-,32+/m0/s1. The highest BCUT2D eigenvalue weighted by molar-refractivity contribution is 5.69. The molecule has 0 bridgehead atoms. The molecule has 34 heavy (non-hydrogen) atoms. The molecule has 0 heterocycles. The van der Waals surface area contributed by atoms with E-state index in [9.17, 15) is 4.79 Å². The summed E-state index contributed by atoms with van der Waals surface area (Å²) in [5, 5.41) is 0. The van der Waals surface area contributed by atoms with Crippen LogP contribution in [0.15, 0.2) is 11.6 Å². The van der Waals surface area contributed by atoms with Crippen LogP contribution in [0, 0.1) is 46.3 Å². The van der Waals surface area contributed by atoms with Gasteiger partial charge in [-0.15, -0.1) is 0 Å². The number of rotatable bonds is 9. The zero-order valence-electron chi connectivity index (χ0n) is 23.3. The van der Waals surface area contributed by atoms with Gasteiger partial charge in [0.1, 0.15) is 6.10 Å². The molecule has 3 fully saturated rings. The number of carbonyl (C=O) groups excluding carboxylic acids is 1. The minimum absolute atomic E-state index is 0.0256. The molecule has 0 aliphatic heterocycles. The Labute approximate surface area is 211 Å². The average molecular weight is 471 g/mol. The summed E-state index contributed by atoms with van der Waals surface area (Å²) in [6.07, 6.45) is 19.9. The van der Waals surface area contributed by atoms with Crippen molar-refractivity contribution >= 4 is 5.97 Å². The van der Waals surface area contributed by atoms with Gasteiger partial charge in [0.05, 0.1) is 0 Å². The van der Waals surface area contributed by atoms with Gasteiger partial charge in [0.2, 0.25) is 0 Å². The lowest BCUT2D eigenvalue weighted by atomic mass is 9.47. The van der Waals surface area contributed by atoms with Crippen molar-refractivity contribution in [3.63, 3.8) is 0 Å². The molecule has 0 radical (unpaired) electrons. The molecule has 8 atom stereocenters. The second-order valence-corrected chi connectivity index (χ2v) is 13.7. The predicted octanol–water partition coefficient (Wildman–Crippen LogP) is 9.13. The molecule has 0 aromatic carbocycles. The first-order valence-electron chi connectivity index (χ1n) is 15.1. The van der Waals surface area contributed by atoms with Gasteiger partial charge in [0.15, 0.2) is 0 Å². The molecule has 0 amide bonds. The molecule has 0 aromatic heterocycles. The summed E-state index contributed by atoms with van der Waals surface area (Å²) in [5.74, 6) is 5.32. The zero-order valence-corrected chi connectivity index (χ0v) is 23.3. The Kier molecular flexibility index (Phi) is 8.25. The van der Waals surface area contributed by atoms with Crippen LogP contribution < -0.4 is 0 Å². The van der Waals surface area contributed by atoms with E-state index in [2.05, 4.69) is 47.6 Å². The number of esters is 1. The Bertz CT molecular complexity index is 737. The Hall–Kier alpha value is -0.790. The zero-order chi connectivity index (χ0) is 24.5. The van der Waals surface area contributed by atoms with Gasteiger partial charge in [-0.25, -0.2) is 0 Å². The summed E-state index contributed by atoms with van der Waals surface area (Å²) < 4.78 is 5.92. The molecule has 0 saturated heterocycles. The lowest BCUT2D eigenvalue weighted by molar-refractivity contribution is -0.151. The van der Waals surface area contributed by atoms with E-state index in [1.807, 2.05) is 0 Å². The quantitative estimate of drug-likeness (QED) is 0.248. The number of hydrogen-bond donors (Lipinski definition) is 0. The molecule has 2 nitrogen and oxygen atoms in total. The van der Waals surface area contributed by atoms with Crippen LogP contribution >= 0.6 is 0 Å². The number of carbonyl (C=O) groups is 1. The summed E-state index contributed by atoms with van der Waals surface area (Å²) in [4.78, 5) is 12.2. The van der Waals surface area contributed by atoms with Crippen LogP contribution in [-0.4, -0.2) is 12.1 Å². The summed E-state index contributed by atoms with van der Waals surface area (Å²) in [6.45, 7) is 14.7. The molecule has 4 rings (SSSR count). The minimum atomic E-state index is 0.0256. The maximum absolute atomic E-state index is 12.2. The Morgan fingerprint density at radius 3 is 2.56 bits per heavy atom. The van der Waals surface area contributed by atoms with Crippen molar-refractivity contribution in [3.05, 3.63) is 11.6 Å². The van der Waals surface area contributed by atoms with Crippen LogP contribution in [0.25, 0.3) is 0 Å². The van der Waals surface area contributed by atoms with E-state index < -0.39 is 0 Å². The van der Waals surface area contributed by atoms with Crippen molar-refractivity contribution in [3.8, 4) is 0 Å². The van der Waals surface area contributed by atoms with Crippen molar-refractivity contribution in [1.82, 2.24) is 0 Å². The molecule has 2 heteroatoms. The van der Waals surface area contributed by atoms with Crippen LogP contribution in [0.3, 0.4) is 0 Å². The Morgan fingerprint density at radius 2 is 1.82 bits per heavy atom. The van der Waals surface area contributed by atoms with Crippen LogP contribution in [0.1, 0.15) is 131 Å². The number of ether oxygens (including phenoxy) is 1. The number of hydrogen-bond acceptors (Lipinski definition) is 2. The third-order valence-electron chi connectivity index (χ3n) is 11.3. The van der Waals surface area contributed by atoms with Gasteiger partial charge in [-0.2, -0.15) is 0 Å². The number of fused-ring (bicyclic) bond motifs is 5. The summed E-state index contributed by atoms with van der Waals surface area (Å²) >= 11 is 0. The summed E-state index contributed by atoms with van der Waals surface area (Å²) in [7, 11) is 0. The average Bonchev–Trinajstić information content (AvgIpc) is 3.15. The van der Waals surface area contributed by atoms with Gasteiger partial charge < -0.3 is 4.74 Å². The van der Waals surface area contributed by atoms with E-state index in [1.165, 1.54) is 57.8 Å². The molecule has 194 valence electrons. The molecular formula is C32H54O2. The van der Waals surface area contributed by atoms with Crippen molar-refractivity contribution in [2.45, 2.75) is 138 Å². The van der Waals surface area contributed by atoms with E-state index >= 15 is 0 Å². The van der Waals surface area contributed by atoms with Gasteiger partial charge in [0, 0.05) is 12.8 Å². The van der Waals surface area contributed by atoms with Crippen LogP contribution in [0.2, 0.25) is 0 Å². The number of unbranched alkanes of at least 4 members (excludes halogenated alkanes) is 1. The molecular weight excluding hydrogens is 416 g/mol. The first-order valence-corrected chi connectivity index (χ1v) is 15.1. The van der Waals surface area contributed by atoms with Crippen LogP contribution in [-0.2, 0) is 9.53 Å². The Balaban J connectivity index is 1.41. The molecule has 0 N–H and O–H groups in total. The molecule has 4 unspecified atom stereocenters. The highest BCUT2D eigenvalue weighted by atomic mass is 16.5. The summed E-state index contributed by atoms with van der Waals surface area (Å²) in [5.41, 5.74) is 2.54. The van der Waals surface area contributed by atoms with E-state index in [4.69, 9.17) is 4.74 Å². The first kappa shape index (κ1) is 26.3. The van der Waals surface area contributed by atoms with Crippen molar-refractivity contribution in [1.29, 1.82) is 0 Å². The first-order chi connectivity index (χ1) is 16.2. The maximum Gasteiger partial charge on any atom is 0.306 e. The molecule has 4 aliphatic carbocycles. The fourth-order valence-corrected chi connectivity index (χ4v) is 9.32. The molecule has 0 spiro atoms. The fourth-order valence-electron chi connectivity index (χ4n) is 9.32. The van der Waals surface area contributed by atoms with E-state index in [-0.39, 0.29) is 12.1 Å². The Morgan fingerprint density at radius 1 is 1.03 bits per heavy atom. The molecule has 4 aliphatic rings. The van der Waals surface area contributed by atoms with Gasteiger partial charge >= 0.3 is 5.97 Å². The SMILES string of the molecule is CCCCC(=O)O[C@H]1CC[C@@]2(C)C(=CCC3C2CC[C@@]2(C)C3CC[C@@H]2C(C)CCCC(C)C)C1. The lowest BCUT2D eigenvalue weighted by Crippen LogP contribution is -2.51. The van der Waals surface area contributed by atoms with Crippen LogP contribution in [0.5, 0.6) is 0 Å². The largest absolute Gasteiger partial charge is 0.462 e. The van der Waals surface area contributed by atoms with Crippen molar-refractivity contribution in [2.75, 3.05) is 0 Å². The van der Waals surface area contributed by atoms with Crippen LogP contribution in [0.4, 0.5) is 0 Å². The third kappa shape index (κ3) is 5.04. The van der Waals surface area contributed by atoms with Gasteiger partial charge in [0.25, 0.3) is 0 Å². The van der Waals surface area contributed by atoms with Gasteiger partial charge in [-0.3, -0.25) is 4.79 Å². The monoisotopic (exact) mass is 470 g/mol. The van der Waals surface area contributed by atoms with E-state index in [0.29, 0.717) is 17.3 Å². The van der Waals surface area contributed by atoms with Gasteiger partial charge in [-0.05, 0) is 97.7 Å². The second-order valence-electron chi connectivity index (χ2n) is 13.7. The topological polar surface area (TPSA) is 26.3 Å². The van der Waals surface area contributed by atoms with Gasteiger partial charge in [-0.1, -0.05) is 78.9 Å². The normalized spacial score (nSPS) is 40.2. The highest BCUT2D eigenvalue weighted by Crippen LogP contribution is 2.67.